The van der Waals surface area contributed by atoms with E-state index in [-0.39, 0.29) is 23.9 Å². The van der Waals surface area contributed by atoms with Crippen molar-refractivity contribution >= 4 is 33.5 Å². The molecule has 0 fully saturated rings. The minimum absolute atomic E-state index is 0.122. The van der Waals surface area contributed by atoms with Gasteiger partial charge in [0, 0.05) is 10.2 Å². The SMILES string of the molecule is CC[C@H](C)OC(=O)[C@@H]1CC=CC[C@H]1C(=O)Nc1ccc(Br)cc1. The van der Waals surface area contributed by atoms with E-state index in [1.807, 2.05) is 50.3 Å². The number of allylic oxidation sites excluding steroid dienone is 2. The fraction of sp³-hybridized carbons (Fsp3) is 0.444. The van der Waals surface area contributed by atoms with Gasteiger partial charge < -0.3 is 10.1 Å². The molecule has 1 aromatic rings. The summed E-state index contributed by atoms with van der Waals surface area (Å²) in [5, 5.41) is 2.89. The molecule has 124 valence electrons. The molecule has 0 saturated heterocycles. The van der Waals surface area contributed by atoms with Crippen molar-refractivity contribution < 1.29 is 14.3 Å². The van der Waals surface area contributed by atoms with Gasteiger partial charge in [-0.3, -0.25) is 9.59 Å². The first-order valence-corrected chi connectivity index (χ1v) is 8.72. The second-order valence-corrected chi connectivity index (χ2v) is 6.72. The van der Waals surface area contributed by atoms with Gasteiger partial charge in [0.2, 0.25) is 5.91 Å². The van der Waals surface area contributed by atoms with Crippen LogP contribution in [0.3, 0.4) is 0 Å². The van der Waals surface area contributed by atoms with E-state index < -0.39 is 5.92 Å². The summed E-state index contributed by atoms with van der Waals surface area (Å²) >= 11 is 3.36. The third-order valence-corrected chi connectivity index (χ3v) is 4.60. The molecule has 3 atom stereocenters. The number of carbonyl (C=O) groups is 2. The lowest BCUT2D eigenvalue weighted by atomic mass is 9.82. The smallest absolute Gasteiger partial charge is 0.310 e. The van der Waals surface area contributed by atoms with Gasteiger partial charge in [-0.05, 0) is 50.5 Å². The number of halogens is 1. The summed E-state index contributed by atoms with van der Waals surface area (Å²) in [4.78, 5) is 24.9. The highest BCUT2D eigenvalue weighted by atomic mass is 79.9. The number of rotatable bonds is 5. The van der Waals surface area contributed by atoms with E-state index >= 15 is 0 Å². The van der Waals surface area contributed by atoms with Crippen molar-refractivity contribution in [3.05, 3.63) is 40.9 Å². The Morgan fingerprint density at radius 3 is 2.43 bits per heavy atom. The molecule has 0 unspecified atom stereocenters. The molecule has 1 aromatic carbocycles. The lowest BCUT2D eigenvalue weighted by molar-refractivity contribution is -0.157. The quantitative estimate of drug-likeness (QED) is 0.612. The molecule has 4 nitrogen and oxygen atoms in total. The van der Waals surface area contributed by atoms with Gasteiger partial charge in [-0.1, -0.05) is 35.0 Å². The van der Waals surface area contributed by atoms with E-state index in [9.17, 15) is 9.59 Å². The molecule has 1 N–H and O–H groups in total. The van der Waals surface area contributed by atoms with Gasteiger partial charge in [-0.2, -0.15) is 0 Å². The molecule has 0 aliphatic heterocycles. The lowest BCUT2D eigenvalue weighted by Crippen LogP contribution is -2.36. The van der Waals surface area contributed by atoms with Crippen LogP contribution in [0.2, 0.25) is 0 Å². The predicted molar refractivity (Wildman–Crippen MR) is 94.0 cm³/mol. The maximum Gasteiger partial charge on any atom is 0.310 e. The number of benzene rings is 1. The van der Waals surface area contributed by atoms with Crippen LogP contribution >= 0.6 is 15.9 Å². The number of amides is 1. The number of carbonyl (C=O) groups excluding carboxylic acids is 2. The highest BCUT2D eigenvalue weighted by molar-refractivity contribution is 9.10. The third-order valence-electron chi connectivity index (χ3n) is 4.08. The largest absolute Gasteiger partial charge is 0.462 e. The van der Waals surface area contributed by atoms with Crippen molar-refractivity contribution in [1.29, 1.82) is 0 Å². The Morgan fingerprint density at radius 1 is 1.22 bits per heavy atom. The monoisotopic (exact) mass is 379 g/mol. The molecule has 23 heavy (non-hydrogen) atoms. The van der Waals surface area contributed by atoms with Gasteiger partial charge in [0.05, 0.1) is 17.9 Å². The van der Waals surface area contributed by atoms with E-state index in [1.54, 1.807) is 0 Å². The Morgan fingerprint density at radius 2 is 1.83 bits per heavy atom. The molecule has 1 aliphatic carbocycles. The van der Waals surface area contributed by atoms with Crippen molar-refractivity contribution in [2.45, 2.75) is 39.2 Å². The number of anilines is 1. The Hall–Kier alpha value is -1.62. The summed E-state index contributed by atoms with van der Waals surface area (Å²) in [6.45, 7) is 3.84. The van der Waals surface area contributed by atoms with Crippen LogP contribution in [0.15, 0.2) is 40.9 Å². The molecule has 0 saturated carbocycles. The van der Waals surface area contributed by atoms with Crippen molar-refractivity contribution in [3.63, 3.8) is 0 Å². The molecule has 0 aromatic heterocycles. The van der Waals surface area contributed by atoms with Gasteiger partial charge in [0.15, 0.2) is 0 Å². The number of ether oxygens (including phenoxy) is 1. The Balaban J connectivity index is 2.05. The zero-order valence-corrected chi connectivity index (χ0v) is 15.0. The molecule has 5 heteroatoms. The van der Waals surface area contributed by atoms with E-state index in [2.05, 4.69) is 21.2 Å². The topological polar surface area (TPSA) is 55.4 Å². The summed E-state index contributed by atoms with van der Waals surface area (Å²) in [6, 6.07) is 7.39. The molecule has 2 rings (SSSR count). The molecule has 0 heterocycles. The molecular weight excluding hydrogens is 358 g/mol. The predicted octanol–water partition coefficient (Wildman–Crippen LogP) is 4.31. The van der Waals surface area contributed by atoms with Crippen molar-refractivity contribution in [2.75, 3.05) is 5.32 Å². The van der Waals surface area contributed by atoms with E-state index in [4.69, 9.17) is 4.74 Å². The number of hydrogen-bond donors (Lipinski definition) is 1. The Kier molecular flexibility index (Phi) is 6.39. The maximum absolute atomic E-state index is 12.6. The molecule has 0 radical (unpaired) electrons. The fourth-order valence-corrected chi connectivity index (χ4v) is 2.77. The molecule has 1 aliphatic rings. The second-order valence-electron chi connectivity index (χ2n) is 5.81. The van der Waals surface area contributed by atoms with Gasteiger partial charge in [-0.15, -0.1) is 0 Å². The standard InChI is InChI=1S/C18H22BrNO3/c1-3-12(2)23-18(22)16-7-5-4-6-15(16)17(21)20-14-10-8-13(19)9-11-14/h4-5,8-12,15-16H,3,6-7H2,1-2H3,(H,20,21)/t12-,15+,16+/m0/s1. The number of esters is 1. The zero-order valence-electron chi connectivity index (χ0n) is 13.4. The van der Waals surface area contributed by atoms with Crippen LogP contribution < -0.4 is 5.32 Å². The van der Waals surface area contributed by atoms with E-state index in [0.29, 0.717) is 12.8 Å². The molecule has 1 amide bonds. The molecular formula is C18H22BrNO3. The minimum Gasteiger partial charge on any atom is -0.462 e. The Bertz CT molecular complexity index is 582. The van der Waals surface area contributed by atoms with Crippen LogP contribution in [0.25, 0.3) is 0 Å². The highest BCUT2D eigenvalue weighted by Gasteiger charge is 2.35. The van der Waals surface area contributed by atoms with Crippen molar-refractivity contribution in [3.8, 4) is 0 Å². The van der Waals surface area contributed by atoms with Crippen LogP contribution in [0, 0.1) is 11.8 Å². The fourth-order valence-electron chi connectivity index (χ4n) is 2.50. The van der Waals surface area contributed by atoms with Crippen LogP contribution in [0.4, 0.5) is 5.69 Å². The average molecular weight is 380 g/mol. The number of nitrogens with one attached hydrogen (secondary N) is 1. The minimum atomic E-state index is -0.413. The highest BCUT2D eigenvalue weighted by Crippen LogP contribution is 2.29. The van der Waals surface area contributed by atoms with Crippen molar-refractivity contribution in [2.24, 2.45) is 11.8 Å². The van der Waals surface area contributed by atoms with Crippen LogP contribution in [0.1, 0.15) is 33.1 Å². The average Bonchev–Trinajstić information content (AvgIpc) is 2.56. The van der Waals surface area contributed by atoms with Crippen LogP contribution in [0.5, 0.6) is 0 Å². The normalized spacial score (nSPS) is 21.5. The summed E-state index contributed by atoms with van der Waals surface area (Å²) in [6.07, 6.45) is 5.66. The van der Waals surface area contributed by atoms with Gasteiger partial charge in [0.25, 0.3) is 0 Å². The van der Waals surface area contributed by atoms with Crippen LogP contribution in [-0.4, -0.2) is 18.0 Å². The second kappa shape index (κ2) is 8.29. The molecule has 0 spiro atoms. The number of hydrogen-bond acceptors (Lipinski definition) is 3. The van der Waals surface area contributed by atoms with Crippen molar-refractivity contribution in [1.82, 2.24) is 0 Å². The Labute approximate surface area is 145 Å². The van der Waals surface area contributed by atoms with E-state index in [0.717, 1.165) is 16.6 Å². The maximum atomic E-state index is 12.6. The van der Waals surface area contributed by atoms with Gasteiger partial charge in [-0.25, -0.2) is 0 Å². The first-order chi connectivity index (χ1) is 11.0. The summed E-state index contributed by atoms with van der Waals surface area (Å²) < 4.78 is 6.38. The van der Waals surface area contributed by atoms with Gasteiger partial charge in [0.1, 0.15) is 0 Å². The first kappa shape index (κ1) is 17.7. The summed E-state index contributed by atoms with van der Waals surface area (Å²) in [5.74, 6) is -1.22. The summed E-state index contributed by atoms with van der Waals surface area (Å²) in [5.41, 5.74) is 0.724. The van der Waals surface area contributed by atoms with Crippen LogP contribution in [-0.2, 0) is 14.3 Å². The third kappa shape index (κ3) is 4.93. The summed E-state index contributed by atoms with van der Waals surface area (Å²) in [7, 11) is 0. The van der Waals surface area contributed by atoms with Gasteiger partial charge >= 0.3 is 5.97 Å². The molecule has 0 bridgehead atoms. The first-order valence-electron chi connectivity index (χ1n) is 7.93. The lowest BCUT2D eigenvalue weighted by Gasteiger charge is -2.27. The van der Waals surface area contributed by atoms with E-state index in [1.165, 1.54) is 0 Å². The zero-order chi connectivity index (χ0) is 16.8.